The van der Waals surface area contributed by atoms with Crippen LogP contribution in [0.3, 0.4) is 0 Å². The molecule has 0 spiro atoms. The van der Waals surface area contributed by atoms with E-state index in [-0.39, 0.29) is 12.8 Å². The molecule has 0 saturated heterocycles. The molecule has 0 rings (SSSR count). The predicted molar refractivity (Wildman–Crippen MR) is 64.2 cm³/mol. The lowest BCUT2D eigenvalue weighted by Gasteiger charge is -2.10. The van der Waals surface area contributed by atoms with Crippen molar-refractivity contribution < 1.29 is 8.78 Å². The van der Waals surface area contributed by atoms with Gasteiger partial charge in [0.1, 0.15) is 0 Å². The molecule has 2 heteroatoms. The van der Waals surface area contributed by atoms with Gasteiger partial charge in [-0.25, -0.2) is 8.78 Å². The summed E-state index contributed by atoms with van der Waals surface area (Å²) in [5.41, 5.74) is 0. The molecule has 0 amide bonds. The molecule has 0 fully saturated rings. The van der Waals surface area contributed by atoms with Gasteiger partial charge in [0.15, 0.2) is 0 Å². The largest absolute Gasteiger partial charge is 0.247 e. The van der Waals surface area contributed by atoms with Gasteiger partial charge in [-0.3, -0.25) is 0 Å². The summed E-state index contributed by atoms with van der Waals surface area (Å²) in [4.78, 5) is 0. The molecule has 0 nitrogen and oxygen atoms in total. The second kappa shape index (κ2) is 23.0. The molecule has 0 aromatic carbocycles. The summed E-state index contributed by atoms with van der Waals surface area (Å²) in [5.74, 6) is -2.41. The third-order valence-electron chi connectivity index (χ3n) is 1.13. The van der Waals surface area contributed by atoms with E-state index in [9.17, 15) is 8.78 Å². The van der Waals surface area contributed by atoms with Crippen molar-refractivity contribution >= 4 is 0 Å². The first kappa shape index (κ1) is 23.6. The number of alkyl halides is 2. The zero-order valence-electron chi connectivity index (χ0n) is 11.4. The van der Waals surface area contributed by atoms with E-state index in [0.717, 1.165) is 0 Å². The van der Waals surface area contributed by atoms with Crippen LogP contribution in [0.15, 0.2) is 0 Å². The normalized spacial score (nSPS) is 8.14. The second-order valence-electron chi connectivity index (χ2n) is 1.96. The number of halogens is 2. The van der Waals surface area contributed by atoms with E-state index < -0.39 is 5.92 Å². The van der Waals surface area contributed by atoms with Crippen LogP contribution < -0.4 is 0 Å². The van der Waals surface area contributed by atoms with Crippen molar-refractivity contribution in [1.82, 2.24) is 0 Å². The average molecular weight is 212 g/mol. The van der Waals surface area contributed by atoms with E-state index in [1.54, 1.807) is 6.92 Å². The van der Waals surface area contributed by atoms with Gasteiger partial charge in [0.05, 0.1) is 0 Å². The van der Waals surface area contributed by atoms with Crippen LogP contribution in [0.4, 0.5) is 8.78 Å². The van der Waals surface area contributed by atoms with Crippen molar-refractivity contribution in [2.45, 2.75) is 80.6 Å². The standard InChI is InChI=1S/C6H12F2.3C2H6/c1-3-5-6(7,8)4-2;3*1-2/h3-5H2,1-2H3;3*1-2H3. The Balaban J connectivity index is -0.0000000708. The van der Waals surface area contributed by atoms with Crippen molar-refractivity contribution in [1.29, 1.82) is 0 Å². The van der Waals surface area contributed by atoms with E-state index in [1.807, 2.05) is 41.5 Å². The maximum atomic E-state index is 12.2. The molecule has 0 unspecified atom stereocenters. The van der Waals surface area contributed by atoms with Gasteiger partial charge in [-0.05, 0) is 0 Å². The van der Waals surface area contributed by atoms with Crippen molar-refractivity contribution in [3.05, 3.63) is 0 Å². The third kappa shape index (κ3) is 29.7. The summed E-state index contributed by atoms with van der Waals surface area (Å²) in [6, 6.07) is 0. The molecular weight excluding hydrogens is 182 g/mol. The molecule has 0 N–H and O–H groups in total. The van der Waals surface area contributed by atoms with Crippen molar-refractivity contribution in [3.8, 4) is 0 Å². The van der Waals surface area contributed by atoms with Gasteiger partial charge in [-0.2, -0.15) is 0 Å². The summed E-state index contributed by atoms with van der Waals surface area (Å²) < 4.78 is 24.3. The van der Waals surface area contributed by atoms with Crippen molar-refractivity contribution in [3.63, 3.8) is 0 Å². The average Bonchev–Trinajstić information content (AvgIpc) is 2.27. The quantitative estimate of drug-likeness (QED) is 0.545. The lowest BCUT2D eigenvalue weighted by Crippen LogP contribution is -2.12. The van der Waals surface area contributed by atoms with Crippen LogP contribution in [-0.4, -0.2) is 5.92 Å². The van der Waals surface area contributed by atoms with Crippen LogP contribution in [0.1, 0.15) is 74.7 Å². The Morgan fingerprint density at radius 3 is 1.14 bits per heavy atom. The van der Waals surface area contributed by atoms with Gasteiger partial charge in [0.25, 0.3) is 0 Å². The van der Waals surface area contributed by atoms with E-state index >= 15 is 0 Å². The summed E-state index contributed by atoms with van der Waals surface area (Å²) in [6.07, 6.45) is 0.575. The van der Waals surface area contributed by atoms with Gasteiger partial charge in [0, 0.05) is 12.8 Å². The molecule has 92 valence electrons. The fraction of sp³-hybridized carbons (Fsp3) is 1.00. The molecule has 0 aliphatic carbocycles. The molecule has 0 aliphatic rings. The van der Waals surface area contributed by atoms with E-state index in [1.165, 1.54) is 6.92 Å². The highest BCUT2D eigenvalue weighted by Crippen LogP contribution is 2.23. The molecule has 0 aromatic rings. The molecule has 0 aliphatic heterocycles. The fourth-order valence-corrected chi connectivity index (χ4v) is 0.543. The van der Waals surface area contributed by atoms with Crippen LogP contribution in [-0.2, 0) is 0 Å². The monoisotopic (exact) mass is 212 g/mol. The highest BCUT2D eigenvalue weighted by molar-refractivity contribution is 4.60. The molecule has 0 saturated carbocycles. The molecule has 0 aromatic heterocycles. The lowest BCUT2D eigenvalue weighted by atomic mass is 10.1. The van der Waals surface area contributed by atoms with Gasteiger partial charge in [-0.15, -0.1) is 0 Å². The molecule has 0 heterocycles. The highest BCUT2D eigenvalue weighted by atomic mass is 19.3. The van der Waals surface area contributed by atoms with Gasteiger partial charge >= 0.3 is 0 Å². The summed E-state index contributed by atoms with van der Waals surface area (Å²) in [6.45, 7) is 15.3. The fourth-order valence-electron chi connectivity index (χ4n) is 0.543. The Morgan fingerprint density at radius 1 is 0.786 bits per heavy atom. The van der Waals surface area contributed by atoms with Gasteiger partial charge < -0.3 is 0 Å². The second-order valence-corrected chi connectivity index (χ2v) is 1.96. The number of hydrogen-bond acceptors (Lipinski definition) is 0. The molecule has 0 radical (unpaired) electrons. The minimum Gasteiger partial charge on any atom is -0.207 e. The van der Waals surface area contributed by atoms with Crippen LogP contribution >= 0.6 is 0 Å². The lowest BCUT2D eigenvalue weighted by molar-refractivity contribution is -0.0119. The molecule has 14 heavy (non-hydrogen) atoms. The molecule has 0 atom stereocenters. The van der Waals surface area contributed by atoms with Gasteiger partial charge in [0.2, 0.25) is 5.92 Å². The number of rotatable bonds is 3. The smallest absolute Gasteiger partial charge is 0.207 e. The van der Waals surface area contributed by atoms with E-state index in [2.05, 4.69) is 0 Å². The first-order chi connectivity index (χ1) is 6.62. The van der Waals surface area contributed by atoms with E-state index in [4.69, 9.17) is 0 Å². The molecular formula is C12H30F2. The Bertz CT molecular complexity index is 61.3. The van der Waals surface area contributed by atoms with Crippen LogP contribution in [0.2, 0.25) is 0 Å². The topological polar surface area (TPSA) is 0 Å². The summed E-state index contributed by atoms with van der Waals surface area (Å²) >= 11 is 0. The zero-order valence-corrected chi connectivity index (χ0v) is 11.4. The van der Waals surface area contributed by atoms with Crippen molar-refractivity contribution in [2.24, 2.45) is 0 Å². The summed E-state index contributed by atoms with van der Waals surface area (Å²) in [5, 5.41) is 0. The maximum absolute atomic E-state index is 12.2. The predicted octanol–water partition coefficient (Wildman–Crippen LogP) is 5.91. The Labute approximate surface area is 90.1 Å². The Hall–Kier alpha value is -0.140. The third-order valence-corrected chi connectivity index (χ3v) is 1.13. The van der Waals surface area contributed by atoms with Gasteiger partial charge in [-0.1, -0.05) is 61.8 Å². The van der Waals surface area contributed by atoms with Crippen LogP contribution in [0, 0.1) is 0 Å². The minimum atomic E-state index is -2.41. The van der Waals surface area contributed by atoms with Crippen molar-refractivity contribution in [2.75, 3.05) is 0 Å². The summed E-state index contributed by atoms with van der Waals surface area (Å²) in [7, 11) is 0. The number of hydrogen-bond donors (Lipinski definition) is 0. The molecule has 0 bridgehead atoms. The highest BCUT2D eigenvalue weighted by Gasteiger charge is 2.23. The maximum Gasteiger partial charge on any atom is 0.247 e. The Kier molecular flexibility index (Phi) is 38.8. The van der Waals surface area contributed by atoms with E-state index in [0.29, 0.717) is 6.42 Å². The van der Waals surface area contributed by atoms with Crippen LogP contribution in [0.5, 0.6) is 0 Å². The first-order valence-corrected chi connectivity index (χ1v) is 6.00. The SMILES string of the molecule is CC.CC.CC.CCCC(F)(F)CC. The first-order valence-electron chi connectivity index (χ1n) is 6.00. The zero-order chi connectivity index (χ0) is 12.6. The van der Waals surface area contributed by atoms with Crippen LogP contribution in [0.25, 0.3) is 0 Å². The minimum absolute atomic E-state index is 0.0269. The Morgan fingerprint density at radius 2 is 1.07 bits per heavy atom.